The molecule has 16 heavy (non-hydrogen) atoms. The summed E-state index contributed by atoms with van der Waals surface area (Å²) in [6.07, 6.45) is -0.279. The second-order valence-corrected chi connectivity index (χ2v) is 4.55. The fraction of sp³-hybridized carbons (Fsp3) is 0.500. The van der Waals surface area contributed by atoms with Crippen LogP contribution in [-0.4, -0.2) is 48.3 Å². The van der Waals surface area contributed by atoms with Crippen LogP contribution in [0.4, 0.5) is 5.69 Å². The monoisotopic (exact) mass is 242 g/mol. The van der Waals surface area contributed by atoms with Crippen molar-refractivity contribution >= 4 is 22.9 Å². The van der Waals surface area contributed by atoms with Crippen molar-refractivity contribution in [3.63, 3.8) is 0 Å². The number of ether oxygens (including phenoxy) is 1. The average Bonchev–Trinajstić information content (AvgIpc) is 2.74. The zero-order chi connectivity index (χ0) is 11.5. The Kier molecular flexibility index (Phi) is 3.42. The first kappa shape index (κ1) is 11.4. The number of nitrogen functional groups attached to an aromatic ring is 1. The third kappa shape index (κ3) is 2.18. The summed E-state index contributed by atoms with van der Waals surface area (Å²) in [4.78, 5) is 14.3. The van der Waals surface area contributed by atoms with Gasteiger partial charge in [-0.3, -0.25) is 4.79 Å². The van der Waals surface area contributed by atoms with Gasteiger partial charge in [0, 0.05) is 13.1 Å². The summed E-state index contributed by atoms with van der Waals surface area (Å²) in [6, 6.07) is 1.72. The topological polar surface area (TPSA) is 75.8 Å². The molecule has 88 valence electrons. The van der Waals surface area contributed by atoms with E-state index in [1.807, 2.05) is 0 Å². The number of rotatable bonds is 2. The fourth-order valence-corrected chi connectivity index (χ4v) is 2.44. The van der Waals surface area contributed by atoms with Gasteiger partial charge in [-0.15, -0.1) is 11.3 Å². The Bertz CT molecular complexity index is 380. The number of anilines is 1. The van der Waals surface area contributed by atoms with Gasteiger partial charge < -0.3 is 20.5 Å². The molecule has 1 fully saturated rings. The average molecular weight is 242 g/mol. The Balaban J connectivity index is 2.07. The second-order valence-electron chi connectivity index (χ2n) is 3.63. The van der Waals surface area contributed by atoms with Crippen LogP contribution >= 0.6 is 11.3 Å². The maximum atomic E-state index is 12.1. The highest BCUT2D eigenvalue weighted by Gasteiger charge is 2.26. The van der Waals surface area contributed by atoms with E-state index < -0.39 is 0 Å². The number of carbonyl (C=O) groups is 1. The van der Waals surface area contributed by atoms with Gasteiger partial charge >= 0.3 is 0 Å². The lowest BCUT2D eigenvalue weighted by molar-refractivity contribution is -0.0445. The van der Waals surface area contributed by atoms with Gasteiger partial charge in [0.25, 0.3) is 5.91 Å². The summed E-state index contributed by atoms with van der Waals surface area (Å²) in [5.41, 5.74) is 6.21. The Labute approximate surface area is 97.4 Å². The Morgan fingerprint density at radius 1 is 1.75 bits per heavy atom. The number of carbonyl (C=O) groups excluding carboxylic acids is 1. The smallest absolute Gasteiger partial charge is 0.266 e. The molecular formula is C10H14N2O3S. The zero-order valence-electron chi connectivity index (χ0n) is 8.76. The largest absolute Gasteiger partial charge is 0.397 e. The van der Waals surface area contributed by atoms with Crippen LogP contribution in [0.2, 0.25) is 0 Å². The van der Waals surface area contributed by atoms with Gasteiger partial charge in [-0.2, -0.15) is 0 Å². The van der Waals surface area contributed by atoms with Crippen molar-refractivity contribution in [2.75, 3.05) is 32.0 Å². The van der Waals surface area contributed by atoms with Crippen LogP contribution in [-0.2, 0) is 4.74 Å². The number of morpholine rings is 1. The summed E-state index contributed by atoms with van der Waals surface area (Å²) >= 11 is 1.34. The van der Waals surface area contributed by atoms with Crippen molar-refractivity contribution < 1.29 is 14.6 Å². The molecule has 1 saturated heterocycles. The van der Waals surface area contributed by atoms with E-state index in [1.165, 1.54) is 11.3 Å². The molecule has 2 heterocycles. The highest BCUT2D eigenvalue weighted by molar-refractivity contribution is 7.12. The van der Waals surface area contributed by atoms with E-state index in [0.717, 1.165) is 0 Å². The number of aliphatic hydroxyl groups excluding tert-OH is 1. The third-order valence-corrected chi connectivity index (χ3v) is 3.44. The fourth-order valence-electron chi connectivity index (χ4n) is 1.65. The lowest BCUT2D eigenvalue weighted by atomic mass is 10.2. The van der Waals surface area contributed by atoms with Crippen molar-refractivity contribution in [2.24, 2.45) is 0 Å². The van der Waals surface area contributed by atoms with Crippen LogP contribution in [0.5, 0.6) is 0 Å². The predicted octanol–water partition coefficient (Wildman–Crippen LogP) is 0.164. The van der Waals surface area contributed by atoms with Gasteiger partial charge in [-0.05, 0) is 11.4 Å². The molecule has 1 aromatic heterocycles. The molecule has 1 aliphatic heterocycles. The number of hydrogen-bond acceptors (Lipinski definition) is 5. The van der Waals surface area contributed by atoms with Gasteiger partial charge in [0.05, 0.1) is 25.0 Å². The summed E-state index contributed by atoms with van der Waals surface area (Å²) in [6.45, 7) is 1.37. The minimum atomic E-state index is -0.279. The molecule has 0 radical (unpaired) electrons. The number of hydrogen-bond donors (Lipinski definition) is 2. The highest BCUT2D eigenvalue weighted by atomic mass is 32.1. The van der Waals surface area contributed by atoms with E-state index in [0.29, 0.717) is 30.3 Å². The number of aliphatic hydroxyl groups is 1. The van der Waals surface area contributed by atoms with Gasteiger partial charge in [-0.1, -0.05) is 0 Å². The normalized spacial score (nSPS) is 21.1. The highest BCUT2D eigenvalue weighted by Crippen LogP contribution is 2.21. The molecule has 0 bridgehead atoms. The lowest BCUT2D eigenvalue weighted by Crippen LogP contribution is -2.46. The van der Waals surface area contributed by atoms with Gasteiger partial charge in [0.1, 0.15) is 4.88 Å². The Morgan fingerprint density at radius 2 is 2.56 bits per heavy atom. The Morgan fingerprint density at radius 3 is 3.19 bits per heavy atom. The molecule has 3 N–H and O–H groups in total. The summed E-state index contributed by atoms with van der Waals surface area (Å²) in [7, 11) is 0. The molecular weight excluding hydrogens is 228 g/mol. The molecule has 6 heteroatoms. The minimum Gasteiger partial charge on any atom is -0.397 e. The van der Waals surface area contributed by atoms with E-state index >= 15 is 0 Å². The molecule has 0 aromatic carbocycles. The van der Waals surface area contributed by atoms with Crippen LogP contribution in [0.3, 0.4) is 0 Å². The first-order chi connectivity index (χ1) is 7.72. The van der Waals surface area contributed by atoms with Crippen LogP contribution < -0.4 is 5.73 Å². The molecule has 5 nitrogen and oxygen atoms in total. The van der Waals surface area contributed by atoms with Gasteiger partial charge in [-0.25, -0.2) is 0 Å². The van der Waals surface area contributed by atoms with Crippen molar-refractivity contribution in [1.82, 2.24) is 4.90 Å². The molecule has 0 spiro atoms. The number of nitrogens with two attached hydrogens (primary N) is 1. The van der Waals surface area contributed by atoms with Gasteiger partial charge in [0.15, 0.2) is 0 Å². The summed E-state index contributed by atoms with van der Waals surface area (Å²) < 4.78 is 5.28. The first-order valence-corrected chi connectivity index (χ1v) is 5.95. The number of nitrogens with zero attached hydrogens (tertiary/aromatic N) is 1. The van der Waals surface area contributed by atoms with E-state index in [4.69, 9.17) is 15.6 Å². The predicted molar refractivity (Wildman–Crippen MR) is 61.5 cm³/mol. The van der Waals surface area contributed by atoms with Crippen LogP contribution in [0, 0.1) is 0 Å². The van der Waals surface area contributed by atoms with Crippen molar-refractivity contribution in [2.45, 2.75) is 6.10 Å². The van der Waals surface area contributed by atoms with Gasteiger partial charge in [0.2, 0.25) is 0 Å². The first-order valence-electron chi connectivity index (χ1n) is 5.07. The molecule has 1 atom stereocenters. The second kappa shape index (κ2) is 4.82. The quantitative estimate of drug-likeness (QED) is 0.775. The van der Waals surface area contributed by atoms with Crippen LogP contribution in [0.15, 0.2) is 11.4 Å². The number of amides is 1. The van der Waals surface area contributed by atoms with E-state index in [-0.39, 0.29) is 18.6 Å². The molecule has 0 saturated carbocycles. The molecule has 1 unspecified atom stereocenters. The van der Waals surface area contributed by atoms with Crippen molar-refractivity contribution in [1.29, 1.82) is 0 Å². The molecule has 1 aromatic rings. The Hall–Kier alpha value is -1.11. The van der Waals surface area contributed by atoms with Crippen molar-refractivity contribution in [3.8, 4) is 0 Å². The SMILES string of the molecule is Nc1ccsc1C(=O)N1CCOC(CO)C1. The maximum absolute atomic E-state index is 12.1. The standard InChI is InChI=1S/C10H14N2O3S/c11-8-1-4-16-9(8)10(14)12-2-3-15-7(5-12)6-13/h1,4,7,13H,2-3,5-6,11H2. The van der Waals surface area contributed by atoms with E-state index in [2.05, 4.69) is 0 Å². The third-order valence-electron chi connectivity index (χ3n) is 2.52. The molecule has 1 aliphatic rings. The van der Waals surface area contributed by atoms with Crippen LogP contribution in [0.1, 0.15) is 9.67 Å². The zero-order valence-corrected chi connectivity index (χ0v) is 9.57. The van der Waals surface area contributed by atoms with Crippen molar-refractivity contribution in [3.05, 3.63) is 16.3 Å². The lowest BCUT2D eigenvalue weighted by Gasteiger charge is -2.31. The van der Waals surface area contributed by atoms with E-state index in [1.54, 1.807) is 16.3 Å². The minimum absolute atomic E-state index is 0.0658. The summed E-state index contributed by atoms with van der Waals surface area (Å²) in [5, 5.41) is 10.8. The number of thiophene rings is 1. The molecule has 1 amide bonds. The molecule has 2 rings (SSSR count). The summed E-state index contributed by atoms with van der Waals surface area (Å²) in [5.74, 6) is -0.0748. The van der Waals surface area contributed by atoms with E-state index in [9.17, 15) is 4.79 Å². The maximum Gasteiger partial charge on any atom is 0.266 e. The van der Waals surface area contributed by atoms with Crippen LogP contribution in [0.25, 0.3) is 0 Å². The molecule has 0 aliphatic carbocycles.